The van der Waals surface area contributed by atoms with Crippen LogP contribution in [0.25, 0.3) is 0 Å². The van der Waals surface area contributed by atoms with Crippen molar-refractivity contribution in [3.63, 3.8) is 0 Å². The van der Waals surface area contributed by atoms with Crippen molar-refractivity contribution in [1.29, 1.82) is 0 Å². The molecule has 8 N–H and O–H groups in total. The second-order valence-corrected chi connectivity index (χ2v) is 30.7. The zero-order valence-corrected chi connectivity index (χ0v) is 67.4. The quantitative estimate of drug-likeness (QED) is 0.0121. The van der Waals surface area contributed by atoms with Gasteiger partial charge in [-0.15, -0.1) is 0 Å². The molecule has 0 aliphatic rings. The number of hydrogen-bond donors (Lipinski definition) is 8. The van der Waals surface area contributed by atoms with Crippen LogP contribution in [0.1, 0.15) is 337 Å². The number of phosphoric acid groups is 2. The Kier molecular flexibility index (Phi) is 68.5. The molecule has 0 radical (unpaired) electrons. The molecule has 104 heavy (non-hydrogen) atoms. The van der Waals surface area contributed by atoms with Crippen molar-refractivity contribution in [1.82, 2.24) is 21.3 Å². The highest BCUT2D eigenvalue weighted by molar-refractivity contribution is 7.47. The van der Waals surface area contributed by atoms with E-state index in [4.69, 9.17) is 37.0 Å². The molecular formula is C78H148N4O20P2. The maximum Gasteiger partial charge on any atom is 0.472 e. The summed E-state index contributed by atoms with van der Waals surface area (Å²) < 4.78 is 70.6. The van der Waals surface area contributed by atoms with Crippen molar-refractivity contribution >= 4 is 51.2 Å². The molecular weight excluding hydrogens is 1370 g/mol. The summed E-state index contributed by atoms with van der Waals surface area (Å²) in [5, 5.41) is 31.8. The smallest absolute Gasteiger partial charge is 0.462 e. The second kappa shape index (κ2) is 71.0. The third-order valence-corrected chi connectivity index (χ3v) is 19.6. The number of aliphatic hydroxyl groups excluding tert-OH is 2. The topological polar surface area (TPSA) is 339 Å². The lowest BCUT2D eigenvalue weighted by molar-refractivity contribution is -0.152. The van der Waals surface area contributed by atoms with E-state index < -0.39 is 102 Å². The van der Waals surface area contributed by atoms with Crippen molar-refractivity contribution < 1.29 is 94.9 Å². The molecule has 0 rings (SSSR count). The molecule has 4 amide bonds. The van der Waals surface area contributed by atoms with Crippen LogP contribution in [0.15, 0.2) is 24.3 Å². The van der Waals surface area contributed by atoms with Gasteiger partial charge in [-0.2, -0.15) is 0 Å². The van der Waals surface area contributed by atoms with E-state index in [9.17, 15) is 57.9 Å². The summed E-state index contributed by atoms with van der Waals surface area (Å²) >= 11 is 0. The summed E-state index contributed by atoms with van der Waals surface area (Å²) in [6, 6.07) is -1.89. The van der Waals surface area contributed by atoms with E-state index in [-0.39, 0.29) is 90.0 Å². The highest BCUT2D eigenvalue weighted by Crippen LogP contribution is 2.44. The summed E-state index contributed by atoms with van der Waals surface area (Å²) in [5.41, 5.74) is 0. The molecule has 0 bridgehead atoms. The van der Waals surface area contributed by atoms with Gasteiger partial charge in [0.1, 0.15) is 12.2 Å². The molecule has 0 saturated carbocycles. The molecule has 0 fully saturated rings. The average Bonchev–Trinajstić information content (AvgIpc) is 1.50. The Morgan fingerprint density at radius 3 is 0.990 bits per heavy atom. The Morgan fingerprint density at radius 2 is 0.654 bits per heavy atom. The summed E-state index contributed by atoms with van der Waals surface area (Å²) in [6.45, 7) is 10.5. The van der Waals surface area contributed by atoms with E-state index in [0.717, 1.165) is 167 Å². The standard InChI is InChI=1S/C78H148N4O20P2/c1-7-13-19-25-27-29-31-37-43-49-77(89)101-71(47-41-35-23-17-11-5)61-75(87)81-67(63-95-57-53-69(83)45-39-33-21-15-9-3)65-99-103(91,92)97-59-55-79-73(85)51-52-74(86)80-56-60-98-104(93,94)100-66-68(64-96-58-54-70(84)46-40-34-22-16-10-4)82-76(88)62-72(48-42-36-24-18-12-6)102-78(90)50-44-38-32-30-28-26-20-14-8-2/h29-32,67-72,83-84H,7-28,33-66H2,1-6H3,(H,79,85)(H,80,86)(H,81,87)(H,82,88)(H,91,92)(H,93,94)/b31-29-,32-30-. The summed E-state index contributed by atoms with van der Waals surface area (Å²) in [6.07, 6.45) is 43.0. The first-order valence-corrected chi connectivity index (χ1v) is 43.8. The second-order valence-electron chi connectivity index (χ2n) is 27.8. The molecule has 0 spiro atoms. The maximum atomic E-state index is 13.7. The van der Waals surface area contributed by atoms with Crippen molar-refractivity contribution in [2.75, 3.05) is 65.9 Å². The number of carbonyl (C=O) groups is 6. The first-order valence-electron chi connectivity index (χ1n) is 40.8. The zero-order valence-electron chi connectivity index (χ0n) is 65.6. The Morgan fingerprint density at radius 1 is 0.346 bits per heavy atom. The third kappa shape index (κ3) is 67.7. The van der Waals surface area contributed by atoms with Crippen molar-refractivity contribution in [3.05, 3.63) is 24.3 Å². The highest BCUT2D eigenvalue weighted by atomic mass is 31.2. The van der Waals surface area contributed by atoms with Crippen LogP contribution >= 0.6 is 15.6 Å². The fourth-order valence-corrected chi connectivity index (χ4v) is 12.9. The van der Waals surface area contributed by atoms with Gasteiger partial charge in [0, 0.05) is 52.0 Å². The van der Waals surface area contributed by atoms with E-state index in [1.807, 2.05) is 0 Å². The molecule has 0 aromatic carbocycles. The minimum absolute atomic E-state index is 0.135. The number of phosphoric ester groups is 2. The van der Waals surface area contributed by atoms with Gasteiger partial charge in [0.15, 0.2) is 0 Å². The van der Waals surface area contributed by atoms with E-state index in [1.165, 1.54) is 38.5 Å². The van der Waals surface area contributed by atoms with Gasteiger partial charge in [0.05, 0.1) is 76.8 Å². The van der Waals surface area contributed by atoms with Crippen LogP contribution in [0.4, 0.5) is 0 Å². The first-order chi connectivity index (χ1) is 50.2. The number of carbonyl (C=O) groups excluding carboxylic acids is 6. The lowest BCUT2D eigenvalue weighted by Gasteiger charge is -2.23. The lowest BCUT2D eigenvalue weighted by atomic mass is 10.1. The third-order valence-electron chi connectivity index (χ3n) is 17.6. The van der Waals surface area contributed by atoms with Crippen LogP contribution in [0.5, 0.6) is 0 Å². The van der Waals surface area contributed by atoms with Crippen LogP contribution < -0.4 is 21.3 Å². The summed E-state index contributed by atoms with van der Waals surface area (Å²) in [7, 11) is -9.55. The predicted octanol–water partition coefficient (Wildman–Crippen LogP) is 16.2. The number of amides is 4. The Hall–Kier alpha value is -3.64. The predicted molar refractivity (Wildman–Crippen MR) is 411 cm³/mol. The number of unbranched alkanes of at least 4 members (excludes halogenated alkanes) is 26. The minimum atomic E-state index is -4.77. The number of aliphatic hydroxyl groups is 2. The molecule has 0 aliphatic heterocycles. The molecule has 8 atom stereocenters. The van der Waals surface area contributed by atoms with E-state index >= 15 is 0 Å². The minimum Gasteiger partial charge on any atom is -0.462 e. The van der Waals surface area contributed by atoms with E-state index in [1.54, 1.807) is 0 Å². The van der Waals surface area contributed by atoms with Crippen molar-refractivity contribution in [2.24, 2.45) is 0 Å². The molecule has 24 nitrogen and oxygen atoms in total. The van der Waals surface area contributed by atoms with Gasteiger partial charge in [-0.05, 0) is 103 Å². The molecule has 0 saturated heterocycles. The molecule has 26 heteroatoms. The lowest BCUT2D eigenvalue weighted by Crippen LogP contribution is -2.43. The van der Waals surface area contributed by atoms with Crippen LogP contribution in [-0.2, 0) is 74.9 Å². The van der Waals surface area contributed by atoms with Crippen LogP contribution in [0.3, 0.4) is 0 Å². The Bertz CT molecular complexity index is 2120. The number of hydrogen-bond acceptors (Lipinski definition) is 18. The number of ether oxygens (including phenoxy) is 4. The van der Waals surface area contributed by atoms with Gasteiger partial charge in [-0.1, -0.05) is 220 Å². The van der Waals surface area contributed by atoms with Gasteiger partial charge in [0.2, 0.25) is 23.6 Å². The Labute approximate surface area is 628 Å². The maximum absolute atomic E-state index is 13.7. The highest BCUT2D eigenvalue weighted by Gasteiger charge is 2.29. The molecule has 0 aliphatic carbocycles. The fraction of sp³-hybridized carbons (Fsp3) is 0.872. The molecule has 0 aromatic heterocycles. The SMILES string of the molecule is CCCCCC/C=C\CCCC(=O)OC(CCCCCCC)CC(=O)NC(COCCC(O)CCCCCCC)COP(=O)(O)OCCNC(=O)CCC(=O)NCCOP(=O)(O)OCC(COCCC(O)CCCCCCC)NC(=O)CC(CCCCCCC)OC(=O)CCC/C=C\CCCCCC. The van der Waals surface area contributed by atoms with Crippen LogP contribution in [-0.4, -0.2) is 158 Å². The number of esters is 2. The molecule has 610 valence electrons. The van der Waals surface area contributed by atoms with Gasteiger partial charge in [0.25, 0.3) is 0 Å². The van der Waals surface area contributed by atoms with Crippen molar-refractivity contribution in [2.45, 2.75) is 373 Å². The molecule has 8 unspecified atom stereocenters. The van der Waals surface area contributed by atoms with Crippen LogP contribution in [0.2, 0.25) is 0 Å². The average molecular weight is 1520 g/mol. The zero-order chi connectivity index (χ0) is 76.8. The summed E-state index contributed by atoms with van der Waals surface area (Å²) in [4.78, 5) is 100. The normalized spacial score (nSPS) is 14.7. The fourth-order valence-electron chi connectivity index (χ4n) is 11.4. The number of nitrogens with one attached hydrogen (secondary N) is 4. The largest absolute Gasteiger partial charge is 0.472 e. The molecule has 0 heterocycles. The molecule has 0 aromatic rings. The van der Waals surface area contributed by atoms with Gasteiger partial charge < -0.3 is 60.2 Å². The number of rotatable bonds is 77. The summed E-state index contributed by atoms with van der Waals surface area (Å²) in [5.74, 6) is -2.89. The van der Waals surface area contributed by atoms with Crippen LogP contribution in [0, 0.1) is 0 Å². The van der Waals surface area contributed by atoms with E-state index in [2.05, 4.69) is 87.1 Å². The van der Waals surface area contributed by atoms with Gasteiger partial charge in [-0.3, -0.25) is 46.9 Å². The van der Waals surface area contributed by atoms with Gasteiger partial charge >= 0.3 is 27.6 Å². The number of allylic oxidation sites excluding steroid dienone is 4. The first kappa shape index (κ1) is 100. The van der Waals surface area contributed by atoms with Crippen molar-refractivity contribution in [3.8, 4) is 0 Å². The monoisotopic (exact) mass is 1520 g/mol. The van der Waals surface area contributed by atoms with Gasteiger partial charge in [-0.25, -0.2) is 9.13 Å². The van der Waals surface area contributed by atoms with E-state index in [0.29, 0.717) is 51.4 Å². The Balaban J connectivity index is 5.55.